The first-order chi connectivity index (χ1) is 29.7. The molecule has 0 saturated carbocycles. The van der Waals surface area contributed by atoms with E-state index in [0.29, 0.717) is 0 Å². The molecule has 0 N–H and O–H groups in total. The van der Waals surface area contributed by atoms with Gasteiger partial charge in [-0.15, -0.1) is 0 Å². The normalized spacial score (nSPS) is 11.7. The number of rotatable bonds is 6. The van der Waals surface area contributed by atoms with Crippen molar-refractivity contribution in [2.45, 2.75) is 0 Å². The SMILES string of the molecule is c1cc(-c2ccc(N(c3ccccc3-c3cccc4c3oc3cc5ccccc5cc34)c3cccc4c3ccc3ccccc34)cc2)cc(-c2ccc3ccccc3c2)c1. The smallest absolute Gasteiger partial charge is 0.143 e. The molecular weight excluding hydrogens is 727 g/mol. The summed E-state index contributed by atoms with van der Waals surface area (Å²) in [5, 5.41) is 12.0. The van der Waals surface area contributed by atoms with Gasteiger partial charge in [0.1, 0.15) is 11.2 Å². The fourth-order valence-electron chi connectivity index (χ4n) is 9.27. The standard InChI is InChI=1S/C58H37NO/c1-2-14-41-35-46(27-26-38(41)12-1)43-18-9-17-42(34-43)39-28-31-47(32-29-39)59(56-25-11-21-49-48-19-6-5-13-40(48)30-33-51(49)56)55-24-8-7-20-50(55)52-22-10-23-53-54-36-44-15-3-4-16-45(44)37-57(54)60-58(52)53/h1-37H. The summed E-state index contributed by atoms with van der Waals surface area (Å²) in [7, 11) is 0. The van der Waals surface area contributed by atoms with E-state index in [-0.39, 0.29) is 0 Å². The van der Waals surface area contributed by atoms with Gasteiger partial charge < -0.3 is 9.32 Å². The molecular formula is C58H37NO. The summed E-state index contributed by atoms with van der Waals surface area (Å²) in [6.07, 6.45) is 0. The molecule has 0 aliphatic rings. The topological polar surface area (TPSA) is 16.4 Å². The second kappa shape index (κ2) is 13.9. The maximum absolute atomic E-state index is 6.82. The van der Waals surface area contributed by atoms with Crippen LogP contribution in [0.1, 0.15) is 0 Å². The summed E-state index contributed by atoms with van der Waals surface area (Å²) in [4.78, 5) is 2.43. The molecule has 11 aromatic carbocycles. The molecule has 0 aliphatic heterocycles. The minimum Gasteiger partial charge on any atom is -0.455 e. The van der Waals surface area contributed by atoms with Gasteiger partial charge in [0.25, 0.3) is 0 Å². The maximum Gasteiger partial charge on any atom is 0.143 e. The van der Waals surface area contributed by atoms with Crippen LogP contribution in [0.15, 0.2) is 229 Å². The van der Waals surface area contributed by atoms with Gasteiger partial charge in [0.05, 0.1) is 11.4 Å². The number of anilines is 3. The average molecular weight is 764 g/mol. The minimum absolute atomic E-state index is 0.890. The van der Waals surface area contributed by atoms with E-state index in [1.807, 2.05) is 0 Å². The monoisotopic (exact) mass is 763 g/mol. The van der Waals surface area contributed by atoms with Crippen LogP contribution in [0.4, 0.5) is 17.1 Å². The first-order valence-electron chi connectivity index (χ1n) is 20.6. The molecule has 2 nitrogen and oxygen atoms in total. The van der Waals surface area contributed by atoms with Gasteiger partial charge in [-0.05, 0) is 108 Å². The summed E-state index contributed by atoms with van der Waals surface area (Å²) >= 11 is 0. The predicted molar refractivity (Wildman–Crippen MR) is 255 cm³/mol. The molecule has 12 rings (SSSR count). The lowest BCUT2D eigenvalue weighted by atomic mass is 9.96. The third-order valence-electron chi connectivity index (χ3n) is 12.2. The Morgan fingerprint density at radius 3 is 1.70 bits per heavy atom. The zero-order chi connectivity index (χ0) is 39.6. The number of para-hydroxylation sites is 2. The maximum atomic E-state index is 6.82. The molecule has 12 aromatic rings. The van der Waals surface area contributed by atoms with E-state index in [4.69, 9.17) is 4.42 Å². The van der Waals surface area contributed by atoms with E-state index in [1.165, 1.54) is 59.8 Å². The molecule has 0 saturated heterocycles. The molecule has 0 bridgehead atoms. The highest BCUT2D eigenvalue weighted by Crippen LogP contribution is 2.47. The number of nitrogens with zero attached hydrogens (tertiary/aromatic N) is 1. The Bertz CT molecular complexity index is 3610. The number of furan rings is 1. The third kappa shape index (κ3) is 5.65. The van der Waals surface area contributed by atoms with Gasteiger partial charge in [0, 0.05) is 33.0 Å². The molecule has 0 fully saturated rings. The van der Waals surface area contributed by atoms with Gasteiger partial charge in [-0.3, -0.25) is 0 Å². The summed E-state index contributed by atoms with van der Waals surface area (Å²) < 4.78 is 6.82. The fourth-order valence-corrected chi connectivity index (χ4v) is 9.27. The highest BCUT2D eigenvalue weighted by atomic mass is 16.3. The highest BCUT2D eigenvalue weighted by Gasteiger charge is 2.22. The predicted octanol–water partition coefficient (Wildman–Crippen LogP) is 16.7. The highest BCUT2D eigenvalue weighted by molar-refractivity contribution is 6.16. The van der Waals surface area contributed by atoms with Crippen molar-refractivity contribution in [1.82, 2.24) is 0 Å². The lowest BCUT2D eigenvalue weighted by Crippen LogP contribution is -2.11. The van der Waals surface area contributed by atoms with Gasteiger partial charge >= 0.3 is 0 Å². The van der Waals surface area contributed by atoms with Crippen LogP contribution in [-0.4, -0.2) is 0 Å². The number of fused-ring (bicyclic) bond motifs is 8. The molecule has 2 heteroatoms. The lowest BCUT2D eigenvalue weighted by molar-refractivity contribution is 0.670. The van der Waals surface area contributed by atoms with Crippen LogP contribution in [0.2, 0.25) is 0 Å². The lowest BCUT2D eigenvalue weighted by Gasteiger charge is -2.29. The summed E-state index contributed by atoms with van der Waals surface area (Å²) in [6.45, 7) is 0. The first kappa shape index (κ1) is 34.1. The Morgan fingerprint density at radius 2 is 0.850 bits per heavy atom. The van der Waals surface area contributed by atoms with E-state index in [1.54, 1.807) is 0 Å². The summed E-state index contributed by atoms with van der Waals surface area (Å²) in [6, 6.07) is 81.3. The Morgan fingerprint density at radius 1 is 0.283 bits per heavy atom. The van der Waals surface area contributed by atoms with Crippen molar-refractivity contribution in [2.75, 3.05) is 4.90 Å². The van der Waals surface area contributed by atoms with Gasteiger partial charge in [-0.2, -0.15) is 0 Å². The molecule has 0 unspecified atom stereocenters. The molecule has 280 valence electrons. The number of benzene rings is 11. The summed E-state index contributed by atoms with van der Waals surface area (Å²) in [5.74, 6) is 0. The fraction of sp³-hybridized carbons (Fsp3) is 0. The van der Waals surface area contributed by atoms with Crippen molar-refractivity contribution in [3.63, 3.8) is 0 Å². The Kier molecular flexibility index (Phi) is 7.89. The van der Waals surface area contributed by atoms with Crippen LogP contribution in [0.5, 0.6) is 0 Å². The second-order valence-corrected chi connectivity index (χ2v) is 15.7. The van der Waals surface area contributed by atoms with Gasteiger partial charge in [-0.25, -0.2) is 0 Å². The molecule has 1 heterocycles. The van der Waals surface area contributed by atoms with E-state index in [0.717, 1.165) is 55.7 Å². The van der Waals surface area contributed by atoms with Gasteiger partial charge in [0.15, 0.2) is 0 Å². The number of hydrogen-bond acceptors (Lipinski definition) is 2. The third-order valence-corrected chi connectivity index (χ3v) is 12.2. The van der Waals surface area contributed by atoms with Crippen molar-refractivity contribution in [2.24, 2.45) is 0 Å². The average Bonchev–Trinajstić information content (AvgIpc) is 3.68. The van der Waals surface area contributed by atoms with E-state index in [2.05, 4.69) is 229 Å². The zero-order valence-corrected chi connectivity index (χ0v) is 32.7. The molecule has 0 spiro atoms. The molecule has 60 heavy (non-hydrogen) atoms. The van der Waals surface area contributed by atoms with E-state index in [9.17, 15) is 0 Å². The van der Waals surface area contributed by atoms with Crippen LogP contribution >= 0.6 is 0 Å². The molecule has 0 amide bonds. The van der Waals surface area contributed by atoms with Gasteiger partial charge in [-0.1, -0.05) is 176 Å². The van der Waals surface area contributed by atoms with Crippen molar-refractivity contribution in [3.05, 3.63) is 224 Å². The molecule has 0 aliphatic carbocycles. The largest absolute Gasteiger partial charge is 0.455 e. The molecule has 0 atom stereocenters. The minimum atomic E-state index is 0.890. The zero-order valence-electron chi connectivity index (χ0n) is 32.7. The molecule has 0 radical (unpaired) electrons. The van der Waals surface area contributed by atoms with Crippen molar-refractivity contribution in [1.29, 1.82) is 0 Å². The van der Waals surface area contributed by atoms with Crippen LogP contribution in [-0.2, 0) is 0 Å². The van der Waals surface area contributed by atoms with Gasteiger partial charge in [0.2, 0.25) is 0 Å². The van der Waals surface area contributed by atoms with Crippen LogP contribution in [0, 0.1) is 0 Å². The van der Waals surface area contributed by atoms with E-state index >= 15 is 0 Å². The quantitative estimate of drug-likeness (QED) is 0.157. The molecule has 1 aromatic heterocycles. The first-order valence-corrected chi connectivity index (χ1v) is 20.6. The van der Waals surface area contributed by atoms with Crippen molar-refractivity contribution in [3.8, 4) is 33.4 Å². The Labute approximate surface area is 347 Å². The summed E-state index contributed by atoms with van der Waals surface area (Å²) in [5.41, 5.74) is 11.9. The second-order valence-electron chi connectivity index (χ2n) is 15.7. The number of hydrogen-bond donors (Lipinski definition) is 0. The van der Waals surface area contributed by atoms with Crippen molar-refractivity contribution >= 4 is 82.1 Å². The Balaban J connectivity index is 1.03. The van der Waals surface area contributed by atoms with Crippen molar-refractivity contribution < 1.29 is 4.42 Å². The van der Waals surface area contributed by atoms with E-state index < -0.39 is 0 Å². The van der Waals surface area contributed by atoms with Crippen LogP contribution in [0.25, 0.3) is 98.4 Å². The Hall–Kier alpha value is -7.94. The van der Waals surface area contributed by atoms with Crippen LogP contribution in [0.3, 0.4) is 0 Å². The van der Waals surface area contributed by atoms with Crippen LogP contribution < -0.4 is 4.90 Å².